The van der Waals surface area contributed by atoms with E-state index in [4.69, 9.17) is 9.84 Å². The molecule has 0 saturated heterocycles. The normalized spacial score (nSPS) is 18.5. The smallest absolute Gasteiger partial charge is 0.307 e. The zero-order chi connectivity index (χ0) is 12.8. The molecular weight excluding hydrogens is 222 g/mol. The summed E-state index contributed by atoms with van der Waals surface area (Å²) >= 11 is 0. The standard InChI is InChI=1S/C12H21NO4/c1-8(9(2)12(15)16)11(14)13-5-6-17-7-10-3-4-10/h8-10H,3-7H2,1-2H3,(H,13,14)(H,15,16). The topological polar surface area (TPSA) is 75.6 Å². The maximum Gasteiger partial charge on any atom is 0.307 e. The number of nitrogens with one attached hydrogen (secondary N) is 1. The van der Waals surface area contributed by atoms with Gasteiger partial charge in [0.1, 0.15) is 0 Å². The molecule has 0 radical (unpaired) electrons. The Labute approximate surface area is 102 Å². The first-order valence-electron chi connectivity index (χ1n) is 6.10. The van der Waals surface area contributed by atoms with Gasteiger partial charge in [-0.15, -0.1) is 0 Å². The number of hydrogen-bond acceptors (Lipinski definition) is 3. The van der Waals surface area contributed by atoms with Crippen LogP contribution in [0.15, 0.2) is 0 Å². The Morgan fingerprint density at radius 2 is 2.00 bits per heavy atom. The van der Waals surface area contributed by atoms with Gasteiger partial charge in [-0.25, -0.2) is 0 Å². The highest BCUT2D eigenvalue weighted by Gasteiger charge is 2.25. The van der Waals surface area contributed by atoms with Crippen LogP contribution < -0.4 is 5.32 Å². The zero-order valence-electron chi connectivity index (χ0n) is 10.4. The molecule has 5 heteroatoms. The lowest BCUT2D eigenvalue weighted by molar-refractivity contribution is -0.146. The summed E-state index contributed by atoms with van der Waals surface area (Å²) in [5.41, 5.74) is 0. The molecule has 1 fully saturated rings. The minimum atomic E-state index is -0.947. The van der Waals surface area contributed by atoms with Crippen molar-refractivity contribution >= 4 is 11.9 Å². The Kier molecular flexibility index (Phi) is 5.41. The second-order valence-corrected chi connectivity index (χ2v) is 4.72. The molecule has 5 nitrogen and oxygen atoms in total. The van der Waals surface area contributed by atoms with Gasteiger partial charge in [0.05, 0.1) is 12.5 Å². The third-order valence-corrected chi connectivity index (χ3v) is 3.15. The summed E-state index contributed by atoms with van der Waals surface area (Å²) in [5, 5.41) is 11.5. The second-order valence-electron chi connectivity index (χ2n) is 4.72. The first kappa shape index (κ1) is 14.0. The maximum atomic E-state index is 11.6. The monoisotopic (exact) mass is 243 g/mol. The van der Waals surface area contributed by atoms with E-state index in [-0.39, 0.29) is 5.91 Å². The van der Waals surface area contributed by atoms with Crippen LogP contribution in [0.5, 0.6) is 0 Å². The van der Waals surface area contributed by atoms with Crippen molar-refractivity contribution in [2.45, 2.75) is 26.7 Å². The number of ether oxygens (including phenoxy) is 1. The Morgan fingerprint density at radius 3 is 2.53 bits per heavy atom. The van der Waals surface area contributed by atoms with Gasteiger partial charge in [0.15, 0.2) is 0 Å². The number of amides is 1. The van der Waals surface area contributed by atoms with Gasteiger partial charge in [-0.05, 0) is 18.8 Å². The largest absolute Gasteiger partial charge is 0.481 e. The number of aliphatic carboxylic acids is 1. The average Bonchev–Trinajstić information content (AvgIpc) is 3.10. The molecule has 0 heterocycles. The van der Waals surface area contributed by atoms with E-state index in [1.54, 1.807) is 6.92 Å². The fourth-order valence-electron chi connectivity index (χ4n) is 1.38. The zero-order valence-corrected chi connectivity index (χ0v) is 10.4. The van der Waals surface area contributed by atoms with Crippen molar-refractivity contribution in [1.29, 1.82) is 0 Å². The van der Waals surface area contributed by atoms with Crippen LogP contribution >= 0.6 is 0 Å². The van der Waals surface area contributed by atoms with Gasteiger partial charge in [-0.2, -0.15) is 0 Å². The quantitative estimate of drug-likeness (QED) is 0.621. The summed E-state index contributed by atoms with van der Waals surface area (Å²) in [7, 11) is 0. The Hall–Kier alpha value is -1.10. The summed E-state index contributed by atoms with van der Waals surface area (Å²) in [6.07, 6.45) is 2.50. The van der Waals surface area contributed by atoms with E-state index in [1.165, 1.54) is 19.8 Å². The predicted molar refractivity (Wildman–Crippen MR) is 62.5 cm³/mol. The molecule has 0 spiro atoms. The highest BCUT2D eigenvalue weighted by Crippen LogP contribution is 2.28. The van der Waals surface area contributed by atoms with E-state index in [9.17, 15) is 9.59 Å². The molecule has 17 heavy (non-hydrogen) atoms. The average molecular weight is 243 g/mol. The Bertz CT molecular complexity index is 276. The van der Waals surface area contributed by atoms with Crippen molar-refractivity contribution < 1.29 is 19.4 Å². The van der Waals surface area contributed by atoms with Crippen LogP contribution in [0, 0.1) is 17.8 Å². The predicted octanol–water partition coefficient (Wildman–Crippen LogP) is 0.886. The number of carbonyl (C=O) groups excluding carboxylic acids is 1. The fourth-order valence-corrected chi connectivity index (χ4v) is 1.38. The Balaban J connectivity index is 2.08. The molecule has 1 aliphatic carbocycles. The molecule has 0 bridgehead atoms. The highest BCUT2D eigenvalue weighted by atomic mass is 16.5. The van der Waals surface area contributed by atoms with Crippen LogP contribution in [-0.2, 0) is 14.3 Å². The van der Waals surface area contributed by atoms with E-state index in [0.717, 1.165) is 12.5 Å². The van der Waals surface area contributed by atoms with E-state index in [0.29, 0.717) is 13.2 Å². The molecule has 2 unspecified atom stereocenters. The van der Waals surface area contributed by atoms with E-state index in [1.807, 2.05) is 0 Å². The van der Waals surface area contributed by atoms with Crippen molar-refractivity contribution in [2.75, 3.05) is 19.8 Å². The molecule has 0 aromatic rings. The SMILES string of the molecule is CC(C(=O)O)C(C)C(=O)NCCOCC1CC1. The van der Waals surface area contributed by atoms with Gasteiger partial charge >= 0.3 is 5.97 Å². The van der Waals surface area contributed by atoms with Gasteiger partial charge in [0, 0.05) is 19.1 Å². The molecule has 98 valence electrons. The minimum Gasteiger partial charge on any atom is -0.481 e. The summed E-state index contributed by atoms with van der Waals surface area (Å²) in [5.74, 6) is -1.64. The molecule has 0 aromatic heterocycles. The van der Waals surface area contributed by atoms with E-state index in [2.05, 4.69) is 5.32 Å². The van der Waals surface area contributed by atoms with Crippen LogP contribution in [0.4, 0.5) is 0 Å². The highest BCUT2D eigenvalue weighted by molar-refractivity contribution is 5.84. The lowest BCUT2D eigenvalue weighted by atomic mass is 9.95. The number of rotatable bonds is 8. The molecular formula is C12H21NO4. The number of hydrogen-bond donors (Lipinski definition) is 2. The molecule has 1 saturated carbocycles. The second kappa shape index (κ2) is 6.59. The molecule has 2 N–H and O–H groups in total. The van der Waals surface area contributed by atoms with Crippen molar-refractivity contribution in [3.63, 3.8) is 0 Å². The molecule has 0 aromatic carbocycles. The summed E-state index contributed by atoms with van der Waals surface area (Å²) in [6, 6.07) is 0. The van der Waals surface area contributed by atoms with Gasteiger partial charge in [-0.3, -0.25) is 9.59 Å². The van der Waals surface area contributed by atoms with Crippen molar-refractivity contribution in [2.24, 2.45) is 17.8 Å². The maximum absolute atomic E-state index is 11.6. The van der Waals surface area contributed by atoms with Gasteiger partial charge < -0.3 is 15.2 Å². The van der Waals surface area contributed by atoms with Gasteiger partial charge in [0.25, 0.3) is 0 Å². The Morgan fingerprint density at radius 1 is 1.35 bits per heavy atom. The van der Waals surface area contributed by atoms with Crippen molar-refractivity contribution in [3.05, 3.63) is 0 Å². The molecule has 2 atom stereocenters. The van der Waals surface area contributed by atoms with Crippen LogP contribution in [0.2, 0.25) is 0 Å². The summed E-state index contributed by atoms with van der Waals surface area (Å²) in [4.78, 5) is 22.3. The van der Waals surface area contributed by atoms with Gasteiger partial charge in [-0.1, -0.05) is 13.8 Å². The first-order chi connectivity index (χ1) is 8.02. The van der Waals surface area contributed by atoms with Crippen molar-refractivity contribution in [3.8, 4) is 0 Å². The number of carbonyl (C=O) groups is 2. The number of carboxylic acids is 1. The molecule has 1 aliphatic rings. The summed E-state index contributed by atoms with van der Waals surface area (Å²) < 4.78 is 5.36. The lowest BCUT2D eigenvalue weighted by Crippen LogP contribution is -2.36. The third kappa shape index (κ3) is 5.17. The third-order valence-electron chi connectivity index (χ3n) is 3.15. The van der Waals surface area contributed by atoms with Crippen LogP contribution in [-0.4, -0.2) is 36.7 Å². The molecule has 1 amide bonds. The van der Waals surface area contributed by atoms with E-state index < -0.39 is 17.8 Å². The lowest BCUT2D eigenvalue weighted by Gasteiger charge is -2.15. The fraction of sp³-hybridized carbons (Fsp3) is 0.833. The first-order valence-corrected chi connectivity index (χ1v) is 6.10. The minimum absolute atomic E-state index is 0.227. The number of carboxylic acid groups (broad SMARTS) is 1. The van der Waals surface area contributed by atoms with Crippen LogP contribution in [0.3, 0.4) is 0 Å². The molecule has 0 aliphatic heterocycles. The summed E-state index contributed by atoms with van der Waals surface area (Å²) in [6.45, 7) is 4.88. The van der Waals surface area contributed by atoms with Crippen molar-refractivity contribution in [1.82, 2.24) is 5.32 Å². The van der Waals surface area contributed by atoms with Gasteiger partial charge in [0.2, 0.25) is 5.91 Å². The van der Waals surface area contributed by atoms with Crippen LogP contribution in [0.1, 0.15) is 26.7 Å². The van der Waals surface area contributed by atoms with E-state index >= 15 is 0 Å². The van der Waals surface area contributed by atoms with Crippen LogP contribution in [0.25, 0.3) is 0 Å². The molecule has 1 rings (SSSR count).